The third-order valence-electron chi connectivity index (χ3n) is 2.54. The van der Waals surface area contributed by atoms with Gasteiger partial charge in [0.05, 0.1) is 19.1 Å². The summed E-state index contributed by atoms with van der Waals surface area (Å²) >= 11 is 0. The monoisotopic (exact) mass is 213 g/mol. The van der Waals surface area contributed by atoms with Crippen molar-refractivity contribution in [2.45, 2.75) is 27.2 Å². The zero-order chi connectivity index (χ0) is 11.5. The fourth-order valence-corrected chi connectivity index (χ4v) is 2.10. The minimum Gasteiger partial charge on any atom is -0.380 e. The molecule has 0 saturated carbocycles. The Morgan fingerprint density at radius 1 is 1.47 bits per heavy atom. The van der Waals surface area contributed by atoms with Gasteiger partial charge in [-0.2, -0.15) is 0 Å². The Hall–Kier alpha value is -0.410. The van der Waals surface area contributed by atoms with E-state index in [2.05, 4.69) is 32.7 Å². The Morgan fingerprint density at radius 3 is 2.67 bits per heavy atom. The Bertz CT molecular complexity index is 220. The van der Waals surface area contributed by atoms with E-state index in [0.29, 0.717) is 25.4 Å². The van der Waals surface area contributed by atoms with E-state index >= 15 is 0 Å². The van der Waals surface area contributed by atoms with Crippen molar-refractivity contribution in [2.75, 3.05) is 33.4 Å². The zero-order valence-corrected chi connectivity index (χ0v) is 10.4. The van der Waals surface area contributed by atoms with Crippen molar-refractivity contribution in [1.82, 2.24) is 4.90 Å². The lowest BCUT2D eigenvalue weighted by Gasteiger charge is -2.30. The van der Waals surface area contributed by atoms with Gasteiger partial charge in [-0.25, -0.2) is 0 Å². The van der Waals surface area contributed by atoms with E-state index in [0.717, 1.165) is 13.1 Å². The lowest BCUT2D eigenvalue weighted by Crippen LogP contribution is -2.39. The second-order valence-corrected chi connectivity index (χ2v) is 5.75. The number of Topliss-reactive ketones (excluding diaryl/α,β-unsaturated/α-hetero) is 1. The van der Waals surface area contributed by atoms with Crippen LogP contribution >= 0.6 is 0 Å². The predicted molar refractivity (Wildman–Crippen MR) is 60.9 cm³/mol. The zero-order valence-electron chi connectivity index (χ0n) is 10.4. The molecule has 0 bridgehead atoms. The average Bonchev–Trinajstić information content (AvgIpc) is 2.05. The van der Waals surface area contributed by atoms with Gasteiger partial charge in [0, 0.05) is 19.5 Å². The molecule has 88 valence electrons. The van der Waals surface area contributed by atoms with Crippen molar-refractivity contribution in [2.24, 2.45) is 11.3 Å². The summed E-state index contributed by atoms with van der Waals surface area (Å²) in [4.78, 5) is 13.8. The van der Waals surface area contributed by atoms with Crippen LogP contribution in [0.5, 0.6) is 0 Å². The molecular formula is C12H23NO2. The first-order valence-electron chi connectivity index (χ1n) is 5.67. The number of nitrogens with zero attached hydrogens (tertiary/aromatic N) is 1. The van der Waals surface area contributed by atoms with Crippen molar-refractivity contribution in [3.8, 4) is 0 Å². The molecule has 1 aliphatic rings. The summed E-state index contributed by atoms with van der Waals surface area (Å²) in [6, 6.07) is 0. The first-order chi connectivity index (χ1) is 6.88. The average molecular weight is 213 g/mol. The molecule has 1 fully saturated rings. The summed E-state index contributed by atoms with van der Waals surface area (Å²) in [6.07, 6.45) is 0.591. The van der Waals surface area contributed by atoms with Gasteiger partial charge in [-0.05, 0) is 12.5 Å². The molecule has 1 saturated heterocycles. The van der Waals surface area contributed by atoms with Crippen LogP contribution in [-0.2, 0) is 9.53 Å². The van der Waals surface area contributed by atoms with E-state index in [1.165, 1.54) is 0 Å². The topological polar surface area (TPSA) is 29.5 Å². The quantitative estimate of drug-likeness (QED) is 0.712. The molecule has 0 aromatic carbocycles. The van der Waals surface area contributed by atoms with Crippen molar-refractivity contribution >= 4 is 5.78 Å². The maximum absolute atomic E-state index is 11.6. The minimum absolute atomic E-state index is 0.0890. The van der Waals surface area contributed by atoms with Crippen LogP contribution in [0.2, 0.25) is 0 Å². The molecule has 0 spiro atoms. The van der Waals surface area contributed by atoms with Crippen molar-refractivity contribution < 1.29 is 9.53 Å². The smallest absolute Gasteiger partial charge is 0.141 e. The molecule has 0 aliphatic carbocycles. The maximum atomic E-state index is 11.6. The summed E-state index contributed by atoms with van der Waals surface area (Å²) in [7, 11) is 2.08. The SMILES string of the molecule is CN(CC1COCCC1=O)CC(C)(C)C. The fraction of sp³-hybridized carbons (Fsp3) is 0.917. The molecule has 1 aliphatic heterocycles. The van der Waals surface area contributed by atoms with Gasteiger partial charge in [0.1, 0.15) is 5.78 Å². The fourth-order valence-electron chi connectivity index (χ4n) is 2.10. The van der Waals surface area contributed by atoms with Gasteiger partial charge in [0.15, 0.2) is 0 Å². The number of rotatable bonds is 3. The van der Waals surface area contributed by atoms with Crippen molar-refractivity contribution in [3.63, 3.8) is 0 Å². The molecule has 0 aromatic rings. The van der Waals surface area contributed by atoms with Crippen LogP contribution in [0.3, 0.4) is 0 Å². The maximum Gasteiger partial charge on any atom is 0.141 e. The highest BCUT2D eigenvalue weighted by atomic mass is 16.5. The number of ketones is 1. The first kappa shape index (κ1) is 12.7. The summed E-state index contributed by atoms with van der Waals surface area (Å²) in [5.41, 5.74) is 0.285. The van der Waals surface area contributed by atoms with Crippen LogP contribution < -0.4 is 0 Å². The highest BCUT2D eigenvalue weighted by Crippen LogP contribution is 2.17. The van der Waals surface area contributed by atoms with Crippen LogP contribution in [0.4, 0.5) is 0 Å². The summed E-state index contributed by atoms with van der Waals surface area (Å²) < 4.78 is 5.34. The molecular weight excluding hydrogens is 190 g/mol. The van der Waals surface area contributed by atoms with Crippen molar-refractivity contribution in [1.29, 1.82) is 0 Å². The van der Waals surface area contributed by atoms with Crippen LogP contribution in [0.15, 0.2) is 0 Å². The van der Waals surface area contributed by atoms with Crippen LogP contribution in [0.25, 0.3) is 0 Å². The van der Waals surface area contributed by atoms with E-state index in [1.54, 1.807) is 0 Å². The number of hydrogen-bond acceptors (Lipinski definition) is 3. The normalized spacial score (nSPS) is 23.5. The number of hydrogen-bond donors (Lipinski definition) is 0. The Morgan fingerprint density at radius 2 is 2.13 bits per heavy atom. The molecule has 0 amide bonds. The largest absolute Gasteiger partial charge is 0.380 e. The first-order valence-corrected chi connectivity index (χ1v) is 5.67. The molecule has 0 radical (unpaired) electrons. The summed E-state index contributed by atoms with van der Waals surface area (Å²) in [6.45, 7) is 9.69. The molecule has 1 rings (SSSR count). The van der Waals surface area contributed by atoms with Crippen LogP contribution in [0, 0.1) is 11.3 Å². The molecule has 15 heavy (non-hydrogen) atoms. The van der Waals surface area contributed by atoms with Gasteiger partial charge >= 0.3 is 0 Å². The van der Waals surface area contributed by atoms with Gasteiger partial charge < -0.3 is 9.64 Å². The van der Waals surface area contributed by atoms with Crippen LogP contribution in [-0.4, -0.2) is 44.0 Å². The lowest BCUT2D eigenvalue weighted by atomic mass is 9.94. The van der Waals surface area contributed by atoms with Gasteiger partial charge in [-0.3, -0.25) is 4.79 Å². The molecule has 0 N–H and O–H groups in total. The van der Waals surface area contributed by atoms with Gasteiger partial charge in [0.2, 0.25) is 0 Å². The molecule has 1 atom stereocenters. The van der Waals surface area contributed by atoms with E-state index in [9.17, 15) is 4.79 Å². The summed E-state index contributed by atoms with van der Waals surface area (Å²) in [5.74, 6) is 0.452. The molecule has 3 heteroatoms. The van der Waals surface area contributed by atoms with Gasteiger partial charge in [0.25, 0.3) is 0 Å². The van der Waals surface area contributed by atoms with Gasteiger partial charge in [-0.15, -0.1) is 0 Å². The third-order valence-corrected chi connectivity index (χ3v) is 2.54. The molecule has 0 aromatic heterocycles. The Kier molecular flexibility index (Phi) is 4.29. The third kappa shape index (κ3) is 4.76. The molecule has 1 unspecified atom stereocenters. The Labute approximate surface area is 92.8 Å². The highest BCUT2D eigenvalue weighted by molar-refractivity contribution is 5.82. The van der Waals surface area contributed by atoms with Gasteiger partial charge in [-0.1, -0.05) is 20.8 Å². The standard InChI is InChI=1S/C12H23NO2/c1-12(2,3)9-13(4)7-10-8-15-6-5-11(10)14/h10H,5-9H2,1-4H3. The number of carbonyl (C=O) groups is 1. The highest BCUT2D eigenvalue weighted by Gasteiger charge is 2.25. The van der Waals surface area contributed by atoms with E-state index < -0.39 is 0 Å². The Balaban J connectivity index is 2.36. The molecule has 1 heterocycles. The van der Waals surface area contributed by atoms with E-state index in [4.69, 9.17) is 4.74 Å². The predicted octanol–water partition coefficient (Wildman–Crippen LogP) is 1.57. The number of carbonyl (C=O) groups excluding carboxylic acids is 1. The number of ether oxygens (including phenoxy) is 1. The van der Waals surface area contributed by atoms with E-state index in [-0.39, 0.29) is 11.3 Å². The summed E-state index contributed by atoms with van der Waals surface area (Å²) in [5, 5.41) is 0. The lowest BCUT2D eigenvalue weighted by molar-refractivity contribution is -0.131. The van der Waals surface area contributed by atoms with E-state index in [1.807, 2.05) is 0 Å². The molecule has 3 nitrogen and oxygen atoms in total. The minimum atomic E-state index is 0.0890. The second-order valence-electron chi connectivity index (χ2n) is 5.75. The second kappa shape index (κ2) is 5.08. The van der Waals surface area contributed by atoms with Crippen molar-refractivity contribution in [3.05, 3.63) is 0 Å². The van der Waals surface area contributed by atoms with Crippen LogP contribution in [0.1, 0.15) is 27.2 Å².